The van der Waals surface area contributed by atoms with Gasteiger partial charge in [-0.15, -0.1) is 0 Å². The maximum absolute atomic E-state index is 13.0. The number of alkyl halides is 3. The Kier molecular flexibility index (Phi) is 6.56. The van der Waals surface area contributed by atoms with E-state index in [1.54, 1.807) is 26.0 Å². The maximum atomic E-state index is 13.0. The van der Waals surface area contributed by atoms with Gasteiger partial charge in [0.2, 0.25) is 0 Å². The molecule has 1 atom stereocenters. The zero-order chi connectivity index (χ0) is 22.6. The van der Waals surface area contributed by atoms with E-state index in [0.717, 1.165) is 18.3 Å². The number of hydrogen-bond acceptors (Lipinski definition) is 7. The average Bonchev–Trinajstić information content (AvgIpc) is 2.73. The lowest BCUT2D eigenvalue weighted by molar-refractivity contribution is -0.137. The van der Waals surface area contributed by atoms with E-state index in [1.807, 2.05) is 0 Å². The summed E-state index contributed by atoms with van der Waals surface area (Å²) >= 11 is 0. The first-order valence-corrected chi connectivity index (χ1v) is 9.37. The van der Waals surface area contributed by atoms with E-state index < -0.39 is 17.8 Å². The summed E-state index contributed by atoms with van der Waals surface area (Å²) in [4.78, 5) is 12.8. The zero-order valence-corrected chi connectivity index (χ0v) is 17.1. The Morgan fingerprint density at radius 1 is 1.19 bits per heavy atom. The molecule has 2 aromatic heterocycles. The maximum Gasteiger partial charge on any atom is 0.416 e. The molecule has 0 saturated heterocycles. The van der Waals surface area contributed by atoms with Crippen LogP contribution in [-0.2, 0) is 10.9 Å². The van der Waals surface area contributed by atoms with Gasteiger partial charge in [-0.05, 0) is 38.1 Å². The number of aryl methyl sites for hydroxylation is 1. The molecule has 0 radical (unpaired) electrons. The molecule has 0 bridgehead atoms. The molecule has 0 spiro atoms. The van der Waals surface area contributed by atoms with Crippen molar-refractivity contribution in [3.05, 3.63) is 53.1 Å². The molecule has 0 saturated carbocycles. The smallest absolute Gasteiger partial charge is 0.416 e. The highest BCUT2D eigenvalue weighted by molar-refractivity contribution is 5.91. The summed E-state index contributed by atoms with van der Waals surface area (Å²) < 4.78 is 49.7. The fraction of sp³-hybridized carbons (Fsp3) is 0.333. The molecule has 0 aliphatic carbocycles. The number of methoxy groups -OCH3 is 1. The van der Waals surface area contributed by atoms with Gasteiger partial charge in [0, 0.05) is 18.7 Å². The Morgan fingerprint density at radius 2 is 1.97 bits per heavy atom. The lowest BCUT2D eigenvalue weighted by Crippen LogP contribution is -2.13. The van der Waals surface area contributed by atoms with Gasteiger partial charge in [-0.3, -0.25) is 4.98 Å². The van der Waals surface area contributed by atoms with E-state index in [0.29, 0.717) is 40.5 Å². The van der Waals surface area contributed by atoms with Crippen LogP contribution in [0, 0.1) is 18.3 Å². The first-order valence-electron chi connectivity index (χ1n) is 9.37. The van der Waals surface area contributed by atoms with Gasteiger partial charge in [-0.25, -0.2) is 9.97 Å². The Morgan fingerprint density at radius 3 is 2.65 bits per heavy atom. The van der Waals surface area contributed by atoms with Crippen LogP contribution in [-0.4, -0.2) is 35.3 Å². The van der Waals surface area contributed by atoms with Crippen molar-refractivity contribution in [2.45, 2.75) is 26.1 Å². The van der Waals surface area contributed by atoms with E-state index >= 15 is 0 Å². The molecule has 1 N–H and O–H groups in total. The molecule has 1 aromatic carbocycles. The Balaban J connectivity index is 1.99. The quantitative estimate of drug-likeness (QED) is 0.554. The fourth-order valence-electron chi connectivity index (χ4n) is 2.96. The fourth-order valence-corrected chi connectivity index (χ4v) is 2.96. The van der Waals surface area contributed by atoms with Crippen molar-refractivity contribution in [3.63, 3.8) is 0 Å². The number of halogens is 3. The molecular formula is C21H20F3N5O2. The minimum atomic E-state index is -4.46. The van der Waals surface area contributed by atoms with Gasteiger partial charge < -0.3 is 14.8 Å². The molecule has 2 heterocycles. The van der Waals surface area contributed by atoms with E-state index in [4.69, 9.17) is 9.47 Å². The number of pyridine rings is 1. The van der Waals surface area contributed by atoms with E-state index in [2.05, 4.69) is 26.3 Å². The third-order valence-corrected chi connectivity index (χ3v) is 4.48. The SMILES string of the molecule is COCCOc1cc2c(N[C@H](C)c3cc(C(F)(F)F)ccn3)nc(C)nc2cc1C#N. The largest absolute Gasteiger partial charge is 0.490 e. The van der Waals surface area contributed by atoms with Crippen molar-refractivity contribution in [2.24, 2.45) is 0 Å². The number of nitrogens with one attached hydrogen (secondary N) is 1. The van der Waals surface area contributed by atoms with Crippen LogP contribution in [0.1, 0.15) is 35.6 Å². The number of anilines is 1. The molecule has 0 aliphatic rings. The van der Waals surface area contributed by atoms with Crippen LogP contribution in [0.4, 0.5) is 19.0 Å². The third-order valence-electron chi connectivity index (χ3n) is 4.48. The van der Waals surface area contributed by atoms with Gasteiger partial charge in [0.25, 0.3) is 0 Å². The lowest BCUT2D eigenvalue weighted by Gasteiger charge is -2.18. The van der Waals surface area contributed by atoms with Crippen LogP contribution in [0.25, 0.3) is 10.9 Å². The normalized spacial score (nSPS) is 12.4. The Labute approximate surface area is 176 Å². The first-order chi connectivity index (χ1) is 14.7. The topological polar surface area (TPSA) is 92.9 Å². The molecule has 31 heavy (non-hydrogen) atoms. The number of rotatable bonds is 7. The number of aromatic nitrogens is 3. The molecule has 0 aliphatic heterocycles. The van der Waals surface area contributed by atoms with Gasteiger partial charge in [0.1, 0.15) is 30.1 Å². The molecule has 10 heteroatoms. The summed E-state index contributed by atoms with van der Waals surface area (Å²) in [5.41, 5.74) is 0.252. The number of nitrogens with zero attached hydrogens (tertiary/aromatic N) is 4. The highest BCUT2D eigenvalue weighted by atomic mass is 19.4. The Hall–Kier alpha value is -3.45. The van der Waals surface area contributed by atoms with Crippen molar-refractivity contribution in [1.82, 2.24) is 15.0 Å². The molecule has 0 amide bonds. The van der Waals surface area contributed by atoms with E-state index in [9.17, 15) is 18.4 Å². The number of ether oxygens (including phenoxy) is 2. The van der Waals surface area contributed by atoms with E-state index in [-0.39, 0.29) is 12.3 Å². The van der Waals surface area contributed by atoms with E-state index in [1.165, 1.54) is 7.11 Å². The van der Waals surface area contributed by atoms with Crippen LogP contribution in [0.5, 0.6) is 5.75 Å². The first kappa shape index (κ1) is 22.2. The number of fused-ring (bicyclic) bond motifs is 1. The second-order valence-corrected chi connectivity index (χ2v) is 6.77. The summed E-state index contributed by atoms with van der Waals surface area (Å²) in [6, 6.07) is 6.65. The van der Waals surface area contributed by atoms with Gasteiger partial charge in [0.05, 0.1) is 35.0 Å². The molecular weight excluding hydrogens is 411 g/mol. The van der Waals surface area contributed by atoms with Crippen LogP contribution in [0.2, 0.25) is 0 Å². The lowest BCUT2D eigenvalue weighted by atomic mass is 10.1. The summed E-state index contributed by atoms with van der Waals surface area (Å²) in [6.45, 7) is 3.96. The van der Waals surface area contributed by atoms with Gasteiger partial charge >= 0.3 is 6.18 Å². The summed E-state index contributed by atoms with van der Waals surface area (Å²) in [5, 5.41) is 13.1. The van der Waals surface area contributed by atoms with Crippen LogP contribution in [0.15, 0.2) is 30.5 Å². The van der Waals surface area contributed by atoms with Gasteiger partial charge in [0.15, 0.2) is 0 Å². The summed E-state index contributed by atoms with van der Waals surface area (Å²) in [6.07, 6.45) is -3.33. The van der Waals surface area contributed by atoms with Gasteiger partial charge in [-0.1, -0.05) is 0 Å². The van der Waals surface area contributed by atoms with Crippen LogP contribution in [0.3, 0.4) is 0 Å². The molecule has 7 nitrogen and oxygen atoms in total. The number of benzene rings is 1. The van der Waals surface area contributed by atoms with Crippen molar-refractivity contribution < 1.29 is 22.6 Å². The third kappa shape index (κ3) is 5.19. The minimum absolute atomic E-state index is 0.212. The van der Waals surface area contributed by atoms with Gasteiger partial charge in [-0.2, -0.15) is 18.4 Å². The monoisotopic (exact) mass is 431 g/mol. The predicted octanol–water partition coefficient (Wildman–Crippen LogP) is 4.42. The second-order valence-electron chi connectivity index (χ2n) is 6.77. The summed E-state index contributed by atoms with van der Waals surface area (Å²) in [7, 11) is 1.54. The zero-order valence-electron chi connectivity index (χ0n) is 17.1. The Bertz CT molecular complexity index is 1130. The highest BCUT2D eigenvalue weighted by Gasteiger charge is 2.31. The van der Waals surface area contributed by atoms with Crippen LogP contribution < -0.4 is 10.1 Å². The molecule has 3 rings (SSSR count). The predicted molar refractivity (Wildman–Crippen MR) is 108 cm³/mol. The second kappa shape index (κ2) is 9.14. The number of hydrogen-bond donors (Lipinski definition) is 1. The minimum Gasteiger partial charge on any atom is -0.490 e. The molecule has 0 fully saturated rings. The van der Waals surface area contributed by atoms with Crippen molar-refractivity contribution in [3.8, 4) is 11.8 Å². The molecule has 3 aromatic rings. The molecule has 162 valence electrons. The highest BCUT2D eigenvalue weighted by Crippen LogP contribution is 2.32. The summed E-state index contributed by atoms with van der Waals surface area (Å²) in [5.74, 6) is 1.18. The van der Waals surface area contributed by atoms with Crippen LogP contribution >= 0.6 is 0 Å². The number of nitriles is 1. The average molecular weight is 431 g/mol. The van der Waals surface area contributed by atoms with Crippen molar-refractivity contribution in [1.29, 1.82) is 5.26 Å². The van der Waals surface area contributed by atoms with Crippen molar-refractivity contribution >= 4 is 16.7 Å². The molecule has 0 unspecified atom stereocenters. The standard InChI is InChI=1S/C21H20F3N5O2/c1-12(17-9-15(4-5-26-17)21(22,23)24)27-20-16-10-19(31-7-6-30-3)14(11-25)8-18(16)28-13(2)29-20/h4-5,8-10,12H,6-7H2,1-3H3,(H,27,28,29)/t12-/m1/s1. The van der Waals surface area contributed by atoms with Crippen molar-refractivity contribution in [2.75, 3.05) is 25.6 Å².